The van der Waals surface area contributed by atoms with Crippen molar-refractivity contribution in [3.8, 4) is 17.1 Å². The van der Waals surface area contributed by atoms with Gasteiger partial charge in [-0.3, -0.25) is 0 Å². The molecule has 3 aliphatic rings. The van der Waals surface area contributed by atoms with Crippen LogP contribution in [0.1, 0.15) is 25.7 Å². The summed E-state index contributed by atoms with van der Waals surface area (Å²) in [4.78, 5) is 18.2. The van der Waals surface area contributed by atoms with Gasteiger partial charge in [0.25, 0.3) is 0 Å². The molecule has 4 aromatic rings. The SMILES string of the molecule is CN1CCC[C@H]1COc1nc(N(C2CC2)C2CNC2)c2cc(Cl)c(-c3ccc(F)c4sc(N)nc34)c(F)c2n1. The second-order valence-electron chi connectivity index (χ2n) is 10.6. The monoisotopic (exact) mass is 571 g/mol. The maximum absolute atomic E-state index is 16.6. The fourth-order valence-corrected chi connectivity index (χ4v) is 6.75. The molecule has 2 saturated heterocycles. The third-order valence-corrected chi connectivity index (χ3v) is 9.23. The smallest absolute Gasteiger partial charge is 0.319 e. The van der Waals surface area contributed by atoms with Crippen molar-refractivity contribution < 1.29 is 13.5 Å². The van der Waals surface area contributed by atoms with Gasteiger partial charge in [-0.2, -0.15) is 9.97 Å². The molecule has 1 aliphatic carbocycles. The Labute approximate surface area is 233 Å². The molecule has 2 aromatic heterocycles. The molecule has 3 N–H and O–H groups in total. The zero-order valence-electron chi connectivity index (χ0n) is 21.4. The molecular weight excluding hydrogens is 544 g/mol. The summed E-state index contributed by atoms with van der Waals surface area (Å²) in [5, 5.41) is 4.23. The highest BCUT2D eigenvalue weighted by Gasteiger charge is 2.39. The number of likely N-dealkylation sites (tertiary alicyclic amines) is 1. The summed E-state index contributed by atoms with van der Waals surface area (Å²) in [5.41, 5.74) is 6.74. The number of thiazole rings is 1. The van der Waals surface area contributed by atoms with Crippen molar-refractivity contribution in [2.24, 2.45) is 0 Å². The standard InChI is InChI=1S/C27H28ClF2N7OS/c1-36-8-2-3-14(36)12-38-27-34-22-17(25(35-27)37(13-4-5-13)15-10-32-11-15)9-18(28)20(21(22)30)16-6-7-19(29)24-23(16)33-26(31)39-24/h6-7,9,13-15,32H,2-5,8,10-12H2,1H3,(H2,31,33)/t14-/m0/s1. The first-order chi connectivity index (χ1) is 18.9. The zero-order chi connectivity index (χ0) is 26.8. The maximum Gasteiger partial charge on any atom is 0.319 e. The summed E-state index contributed by atoms with van der Waals surface area (Å²) >= 11 is 7.80. The first-order valence-electron chi connectivity index (χ1n) is 13.3. The Morgan fingerprint density at radius 1 is 1.15 bits per heavy atom. The quantitative estimate of drug-likeness (QED) is 0.326. The summed E-state index contributed by atoms with van der Waals surface area (Å²) in [7, 11) is 2.08. The number of halogens is 3. The molecule has 0 radical (unpaired) electrons. The van der Waals surface area contributed by atoms with Crippen LogP contribution in [0.2, 0.25) is 5.02 Å². The van der Waals surface area contributed by atoms with Crippen LogP contribution in [0.3, 0.4) is 0 Å². The van der Waals surface area contributed by atoms with Crippen molar-refractivity contribution in [3.63, 3.8) is 0 Å². The molecule has 0 spiro atoms. The average Bonchev–Trinajstić information content (AvgIpc) is 3.51. The van der Waals surface area contributed by atoms with Gasteiger partial charge in [0.1, 0.15) is 23.8 Å². The topological polar surface area (TPSA) is 92.4 Å². The van der Waals surface area contributed by atoms with E-state index in [0.29, 0.717) is 29.4 Å². The van der Waals surface area contributed by atoms with E-state index in [2.05, 4.69) is 32.1 Å². The molecule has 2 aliphatic heterocycles. The molecular formula is C27H28ClF2N7OS. The molecule has 1 atom stereocenters. The third-order valence-electron chi connectivity index (χ3n) is 8.04. The average molecular weight is 572 g/mol. The lowest BCUT2D eigenvalue weighted by Gasteiger charge is -2.39. The van der Waals surface area contributed by atoms with Gasteiger partial charge in [0.2, 0.25) is 0 Å². The van der Waals surface area contributed by atoms with Crippen molar-refractivity contribution >= 4 is 55.0 Å². The van der Waals surface area contributed by atoms with Crippen LogP contribution in [-0.2, 0) is 0 Å². The number of aromatic nitrogens is 3. The predicted octanol–water partition coefficient (Wildman–Crippen LogP) is 4.83. The van der Waals surface area contributed by atoms with Crippen LogP contribution in [0.5, 0.6) is 6.01 Å². The predicted molar refractivity (Wildman–Crippen MR) is 151 cm³/mol. The Hall–Kier alpha value is -2.86. The first-order valence-corrected chi connectivity index (χ1v) is 14.4. The van der Waals surface area contributed by atoms with Gasteiger partial charge in [-0.15, -0.1) is 0 Å². The molecule has 12 heteroatoms. The number of ether oxygens (including phenoxy) is 1. The van der Waals surface area contributed by atoms with Crippen molar-refractivity contribution in [1.82, 2.24) is 25.2 Å². The number of nitrogens with two attached hydrogens (primary N) is 1. The van der Waals surface area contributed by atoms with Gasteiger partial charge in [0, 0.05) is 41.7 Å². The Balaban J connectivity index is 1.40. The lowest BCUT2D eigenvalue weighted by atomic mass is 10.0. The van der Waals surface area contributed by atoms with Crippen LogP contribution < -0.4 is 20.7 Å². The van der Waals surface area contributed by atoms with E-state index in [1.54, 1.807) is 6.07 Å². The number of hydrogen-bond acceptors (Lipinski definition) is 9. The molecule has 0 unspecified atom stereocenters. The lowest BCUT2D eigenvalue weighted by Crippen LogP contribution is -2.58. The highest BCUT2D eigenvalue weighted by atomic mass is 35.5. The summed E-state index contributed by atoms with van der Waals surface area (Å²) in [6.07, 6.45) is 4.25. The number of hydrogen-bond donors (Lipinski definition) is 2. The molecule has 8 nitrogen and oxygen atoms in total. The third kappa shape index (κ3) is 4.35. The molecule has 4 heterocycles. The van der Waals surface area contributed by atoms with Crippen LogP contribution >= 0.6 is 22.9 Å². The van der Waals surface area contributed by atoms with E-state index >= 15 is 4.39 Å². The fraction of sp³-hybridized carbons (Fsp3) is 0.444. The van der Waals surface area contributed by atoms with E-state index < -0.39 is 11.6 Å². The van der Waals surface area contributed by atoms with E-state index in [1.807, 2.05) is 0 Å². The molecule has 2 aromatic carbocycles. The second kappa shape index (κ2) is 9.65. The Kier molecular flexibility index (Phi) is 6.22. The van der Waals surface area contributed by atoms with Crippen molar-refractivity contribution in [3.05, 3.63) is 34.9 Å². The first kappa shape index (κ1) is 25.1. The molecule has 3 fully saturated rings. The summed E-state index contributed by atoms with van der Waals surface area (Å²) < 4.78 is 37.5. The van der Waals surface area contributed by atoms with Gasteiger partial charge in [0.05, 0.1) is 21.3 Å². The number of fused-ring (bicyclic) bond motifs is 2. The maximum atomic E-state index is 16.6. The number of nitrogen functional groups attached to an aromatic ring is 1. The molecule has 1 saturated carbocycles. The Morgan fingerprint density at radius 2 is 1.97 bits per heavy atom. The summed E-state index contributed by atoms with van der Waals surface area (Å²) in [5.74, 6) is -0.448. The van der Waals surface area contributed by atoms with Gasteiger partial charge >= 0.3 is 6.01 Å². The minimum Gasteiger partial charge on any atom is -0.462 e. The van der Waals surface area contributed by atoms with Gasteiger partial charge in [-0.25, -0.2) is 13.8 Å². The molecule has 0 bridgehead atoms. The molecule has 0 amide bonds. The van der Waals surface area contributed by atoms with E-state index in [9.17, 15) is 4.39 Å². The highest BCUT2D eigenvalue weighted by Crippen LogP contribution is 2.44. The van der Waals surface area contributed by atoms with Gasteiger partial charge in [-0.05, 0) is 57.5 Å². The molecule has 7 rings (SSSR count). The Bertz CT molecular complexity index is 1590. The van der Waals surface area contributed by atoms with Crippen LogP contribution in [0.4, 0.5) is 19.7 Å². The molecule has 39 heavy (non-hydrogen) atoms. The van der Waals surface area contributed by atoms with Gasteiger partial charge < -0.3 is 25.6 Å². The number of likely N-dealkylation sites (N-methyl/N-ethyl adjacent to an activating group) is 1. The van der Waals surface area contributed by atoms with Crippen LogP contribution in [0, 0.1) is 11.6 Å². The van der Waals surface area contributed by atoms with Crippen molar-refractivity contribution in [1.29, 1.82) is 0 Å². The van der Waals surface area contributed by atoms with Crippen LogP contribution in [0.15, 0.2) is 18.2 Å². The summed E-state index contributed by atoms with van der Waals surface area (Å²) in [6, 6.07) is 5.47. The zero-order valence-corrected chi connectivity index (χ0v) is 23.0. The van der Waals surface area contributed by atoms with E-state index in [1.165, 1.54) is 12.1 Å². The minimum absolute atomic E-state index is 0.105. The van der Waals surface area contributed by atoms with E-state index in [0.717, 1.165) is 56.7 Å². The Morgan fingerprint density at radius 3 is 2.67 bits per heavy atom. The van der Waals surface area contributed by atoms with Crippen LogP contribution in [-0.4, -0.2) is 71.3 Å². The highest BCUT2D eigenvalue weighted by molar-refractivity contribution is 7.22. The van der Waals surface area contributed by atoms with Gasteiger partial charge in [0.15, 0.2) is 10.9 Å². The second-order valence-corrected chi connectivity index (χ2v) is 12.1. The normalized spacial score (nSPS) is 20.2. The van der Waals surface area contributed by atoms with Gasteiger partial charge in [-0.1, -0.05) is 22.9 Å². The minimum atomic E-state index is -0.619. The number of nitrogens with zero attached hydrogens (tertiary/aromatic N) is 5. The number of rotatable bonds is 7. The van der Waals surface area contributed by atoms with Crippen molar-refractivity contribution in [2.75, 3.05) is 43.9 Å². The van der Waals surface area contributed by atoms with Crippen LogP contribution in [0.25, 0.3) is 32.2 Å². The van der Waals surface area contributed by atoms with Crippen molar-refractivity contribution in [2.45, 2.75) is 43.8 Å². The number of benzene rings is 2. The summed E-state index contributed by atoms with van der Waals surface area (Å²) in [6.45, 7) is 3.11. The van der Waals surface area contributed by atoms with E-state index in [-0.39, 0.29) is 49.5 Å². The lowest BCUT2D eigenvalue weighted by molar-refractivity contribution is 0.188. The number of nitrogens with one attached hydrogen (secondary N) is 1. The molecule has 204 valence electrons. The van der Waals surface area contributed by atoms with E-state index in [4.69, 9.17) is 27.1 Å². The fourth-order valence-electron chi connectivity index (χ4n) is 5.69. The largest absolute Gasteiger partial charge is 0.462 e. The number of anilines is 2.